The maximum atomic E-state index is 13.0. The van der Waals surface area contributed by atoms with Crippen LogP contribution in [0.2, 0.25) is 0 Å². The number of para-hydroxylation sites is 1. The van der Waals surface area contributed by atoms with E-state index in [0.717, 1.165) is 54.0 Å². The molecule has 0 aliphatic carbocycles. The van der Waals surface area contributed by atoms with Gasteiger partial charge in [0.2, 0.25) is 5.91 Å². The summed E-state index contributed by atoms with van der Waals surface area (Å²) in [5.74, 6) is -0.111. The van der Waals surface area contributed by atoms with Gasteiger partial charge < -0.3 is 9.47 Å². The third-order valence-corrected chi connectivity index (χ3v) is 6.76. The lowest BCUT2D eigenvalue weighted by Crippen LogP contribution is -2.43. The Morgan fingerprint density at radius 2 is 2.03 bits per heavy atom. The van der Waals surface area contributed by atoms with Crippen LogP contribution in [-0.4, -0.2) is 50.6 Å². The molecule has 1 aromatic carbocycles. The Morgan fingerprint density at radius 1 is 1.23 bits per heavy atom. The van der Waals surface area contributed by atoms with Crippen molar-refractivity contribution >= 4 is 45.8 Å². The molecule has 2 aromatic rings. The first-order valence-corrected chi connectivity index (χ1v) is 11.4. The number of thioether (sulfide) groups is 1. The normalized spacial score (nSPS) is 21.3. The first-order chi connectivity index (χ1) is 14.5. The smallest absolute Gasteiger partial charge is 0.293 e. The molecule has 1 atom stereocenters. The number of hydrogen-bond donors (Lipinski definition) is 0. The van der Waals surface area contributed by atoms with Crippen LogP contribution in [0.25, 0.3) is 17.0 Å². The lowest BCUT2D eigenvalue weighted by molar-refractivity contribution is -0.135. The summed E-state index contributed by atoms with van der Waals surface area (Å²) in [6.07, 6.45) is 7.73. The van der Waals surface area contributed by atoms with Crippen LogP contribution in [0.3, 0.4) is 0 Å². The highest BCUT2D eigenvalue weighted by molar-refractivity contribution is 8.18. The second-order valence-corrected chi connectivity index (χ2v) is 8.99. The molecule has 4 rings (SSSR count). The summed E-state index contributed by atoms with van der Waals surface area (Å²) in [5.41, 5.74) is 1.81. The first-order valence-electron chi connectivity index (χ1n) is 10.6. The number of nitrogens with zero attached hydrogens (tertiary/aromatic N) is 3. The Balaban J connectivity index is 1.64. The van der Waals surface area contributed by atoms with Crippen molar-refractivity contribution in [2.75, 3.05) is 13.1 Å². The minimum absolute atomic E-state index is 0.123. The fourth-order valence-corrected chi connectivity index (χ4v) is 5.14. The summed E-state index contributed by atoms with van der Waals surface area (Å²) in [4.78, 5) is 41.5. The Kier molecular flexibility index (Phi) is 5.99. The van der Waals surface area contributed by atoms with E-state index in [2.05, 4.69) is 6.92 Å². The van der Waals surface area contributed by atoms with E-state index in [1.165, 1.54) is 11.3 Å². The standard InChI is InChI=1S/C23H27N3O3S/c1-3-11-26-22(28)20(30-23(26)29)13-17-14-24(19-10-5-4-9-18(17)19)15-21(27)25-12-7-6-8-16(25)2/h4-5,9-10,13-14,16H,3,6-8,11-12,15H2,1-2H3/b20-13-/t16-/m0/s1. The van der Waals surface area contributed by atoms with Crippen LogP contribution in [0.15, 0.2) is 35.4 Å². The van der Waals surface area contributed by atoms with Gasteiger partial charge in [0, 0.05) is 41.8 Å². The fourth-order valence-electron chi connectivity index (χ4n) is 4.28. The van der Waals surface area contributed by atoms with Crippen LogP contribution in [0.1, 0.15) is 45.1 Å². The average molecular weight is 426 g/mol. The molecule has 158 valence electrons. The number of benzene rings is 1. The van der Waals surface area contributed by atoms with Crippen LogP contribution in [0, 0.1) is 0 Å². The van der Waals surface area contributed by atoms with Crippen molar-refractivity contribution in [3.05, 3.63) is 40.9 Å². The second kappa shape index (κ2) is 8.68. The van der Waals surface area contributed by atoms with E-state index in [0.29, 0.717) is 11.4 Å². The molecule has 2 aliphatic rings. The summed E-state index contributed by atoms with van der Waals surface area (Å²) in [5, 5.41) is 0.755. The number of aromatic nitrogens is 1. The van der Waals surface area contributed by atoms with E-state index in [1.807, 2.05) is 46.9 Å². The summed E-state index contributed by atoms with van der Waals surface area (Å²) >= 11 is 0.985. The summed E-state index contributed by atoms with van der Waals surface area (Å²) in [6, 6.07) is 8.15. The molecule has 2 aliphatic heterocycles. The predicted molar refractivity (Wildman–Crippen MR) is 120 cm³/mol. The van der Waals surface area contributed by atoms with E-state index in [-0.39, 0.29) is 29.6 Å². The molecule has 2 saturated heterocycles. The van der Waals surface area contributed by atoms with Gasteiger partial charge in [-0.3, -0.25) is 19.3 Å². The van der Waals surface area contributed by atoms with Crippen molar-refractivity contribution in [1.29, 1.82) is 0 Å². The van der Waals surface area contributed by atoms with Crippen LogP contribution < -0.4 is 0 Å². The van der Waals surface area contributed by atoms with Crippen molar-refractivity contribution < 1.29 is 14.4 Å². The SMILES string of the molecule is CCCN1C(=O)S/C(=C\c2cn(CC(=O)N3CCCC[C@@H]3C)c3ccccc23)C1=O. The Bertz CT molecular complexity index is 1030. The summed E-state index contributed by atoms with van der Waals surface area (Å²) in [6.45, 7) is 5.59. The first kappa shape index (κ1) is 20.7. The van der Waals surface area contributed by atoms with Gasteiger partial charge in [-0.25, -0.2) is 0 Å². The minimum atomic E-state index is -0.234. The zero-order chi connectivity index (χ0) is 21.3. The third kappa shape index (κ3) is 3.90. The van der Waals surface area contributed by atoms with Gasteiger partial charge in [0.25, 0.3) is 11.1 Å². The third-order valence-electron chi connectivity index (χ3n) is 5.86. The zero-order valence-corrected chi connectivity index (χ0v) is 18.3. The molecular formula is C23H27N3O3S. The summed E-state index contributed by atoms with van der Waals surface area (Å²) in [7, 11) is 0. The number of rotatable bonds is 5. The molecule has 7 heteroatoms. The minimum Gasteiger partial charge on any atom is -0.338 e. The molecule has 0 N–H and O–H groups in total. The quantitative estimate of drug-likeness (QED) is 0.662. The molecule has 0 saturated carbocycles. The van der Waals surface area contributed by atoms with Crippen molar-refractivity contribution in [3.8, 4) is 0 Å². The average Bonchev–Trinajstić information content (AvgIpc) is 3.21. The van der Waals surface area contributed by atoms with Crippen molar-refractivity contribution in [2.45, 2.75) is 52.1 Å². The molecule has 0 unspecified atom stereocenters. The highest BCUT2D eigenvalue weighted by Crippen LogP contribution is 2.34. The van der Waals surface area contributed by atoms with Gasteiger partial charge in [0.05, 0.1) is 4.91 Å². The van der Waals surface area contributed by atoms with Gasteiger partial charge in [-0.2, -0.15) is 0 Å². The Morgan fingerprint density at radius 3 is 2.80 bits per heavy atom. The van der Waals surface area contributed by atoms with Gasteiger partial charge in [-0.15, -0.1) is 0 Å². The van der Waals surface area contributed by atoms with Gasteiger partial charge in [-0.1, -0.05) is 25.1 Å². The van der Waals surface area contributed by atoms with Gasteiger partial charge in [0.1, 0.15) is 6.54 Å². The van der Waals surface area contributed by atoms with E-state index in [4.69, 9.17) is 0 Å². The highest BCUT2D eigenvalue weighted by Gasteiger charge is 2.34. The number of carbonyl (C=O) groups is 3. The van der Waals surface area contributed by atoms with Gasteiger partial charge >= 0.3 is 0 Å². The molecule has 0 radical (unpaired) electrons. The van der Waals surface area contributed by atoms with Crippen molar-refractivity contribution in [1.82, 2.24) is 14.4 Å². The lowest BCUT2D eigenvalue weighted by atomic mass is 10.0. The number of imide groups is 1. The molecule has 3 heterocycles. The number of likely N-dealkylation sites (tertiary alicyclic amines) is 1. The van der Waals surface area contributed by atoms with Crippen molar-refractivity contribution in [2.24, 2.45) is 0 Å². The van der Waals surface area contributed by atoms with Gasteiger partial charge in [0.15, 0.2) is 0 Å². The van der Waals surface area contributed by atoms with E-state index in [1.54, 1.807) is 6.08 Å². The van der Waals surface area contributed by atoms with Crippen LogP contribution in [0.4, 0.5) is 4.79 Å². The molecular weight excluding hydrogens is 398 g/mol. The number of hydrogen-bond acceptors (Lipinski definition) is 4. The topological polar surface area (TPSA) is 62.6 Å². The fraction of sp³-hybridized carbons (Fsp3) is 0.435. The van der Waals surface area contributed by atoms with E-state index >= 15 is 0 Å². The number of amides is 3. The van der Waals surface area contributed by atoms with Gasteiger partial charge in [-0.05, 0) is 56.5 Å². The molecule has 3 amide bonds. The number of piperidine rings is 1. The predicted octanol–water partition coefficient (Wildman–Crippen LogP) is 4.49. The highest BCUT2D eigenvalue weighted by atomic mass is 32.2. The van der Waals surface area contributed by atoms with Crippen molar-refractivity contribution in [3.63, 3.8) is 0 Å². The number of carbonyl (C=O) groups excluding carboxylic acids is 3. The maximum Gasteiger partial charge on any atom is 0.293 e. The largest absolute Gasteiger partial charge is 0.338 e. The molecule has 1 aromatic heterocycles. The van der Waals surface area contributed by atoms with Crippen LogP contribution >= 0.6 is 11.8 Å². The number of fused-ring (bicyclic) bond motifs is 1. The molecule has 6 nitrogen and oxygen atoms in total. The Labute approximate surface area is 180 Å². The van der Waals surface area contributed by atoms with Crippen LogP contribution in [-0.2, 0) is 16.1 Å². The summed E-state index contributed by atoms with van der Waals surface area (Å²) < 4.78 is 1.96. The Hall–Kier alpha value is -2.54. The molecule has 30 heavy (non-hydrogen) atoms. The maximum absolute atomic E-state index is 13.0. The van der Waals surface area contributed by atoms with E-state index in [9.17, 15) is 14.4 Å². The lowest BCUT2D eigenvalue weighted by Gasteiger charge is -2.33. The molecule has 0 spiro atoms. The molecule has 2 fully saturated rings. The second-order valence-electron chi connectivity index (χ2n) is 7.99. The van der Waals surface area contributed by atoms with Crippen LogP contribution in [0.5, 0.6) is 0 Å². The van der Waals surface area contributed by atoms with E-state index < -0.39 is 0 Å². The molecule has 0 bridgehead atoms. The monoisotopic (exact) mass is 425 g/mol. The zero-order valence-electron chi connectivity index (χ0n) is 17.5.